The molecule has 1 amide bonds. The van der Waals surface area contributed by atoms with E-state index in [1.165, 1.54) is 5.56 Å². The van der Waals surface area contributed by atoms with Crippen LogP contribution < -0.4 is 10.1 Å². The second kappa shape index (κ2) is 12.6. The van der Waals surface area contributed by atoms with E-state index >= 15 is 0 Å². The fourth-order valence-electron chi connectivity index (χ4n) is 3.87. The molecule has 192 valence electrons. The standard InChI is InChI=1S/C28H34N2O5S/c1-4-5-27(23-10-12-24(13-11-23)28(31)29-16-17-36(32,33)34)35-25-14-15-26(30-19-25)22-8-6-21(7-9-22)18-20(2)3/h6-15,19-20,27H,4-5,16-18H2,1-3H3,(H,29,31)(H,32,33,34). The molecule has 2 aromatic carbocycles. The summed E-state index contributed by atoms with van der Waals surface area (Å²) in [6.07, 6.45) is 4.29. The summed E-state index contributed by atoms with van der Waals surface area (Å²) >= 11 is 0. The second-order valence-electron chi connectivity index (χ2n) is 9.23. The van der Waals surface area contributed by atoms with Crippen LogP contribution in [-0.2, 0) is 16.5 Å². The number of rotatable bonds is 12. The predicted octanol–water partition coefficient (Wildman–Crippen LogP) is 5.48. The second-order valence-corrected chi connectivity index (χ2v) is 10.8. The average molecular weight is 511 g/mol. The van der Waals surface area contributed by atoms with Gasteiger partial charge in [0.1, 0.15) is 11.9 Å². The fraction of sp³-hybridized carbons (Fsp3) is 0.357. The Morgan fingerprint density at radius 2 is 1.72 bits per heavy atom. The van der Waals surface area contributed by atoms with Crippen molar-refractivity contribution >= 4 is 16.0 Å². The van der Waals surface area contributed by atoms with E-state index in [1.807, 2.05) is 24.3 Å². The lowest BCUT2D eigenvalue weighted by Crippen LogP contribution is -2.28. The lowest BCUT2D eigenvalue weighted by atomic mass is 10.0. The van der Waals surface area contributed by atoms with Gasteiger partial charge in [-0.25, -0.2) is 0 Å². The van der Waals surface area contributed by atoms with Gasteiger partial charge in [0.25, 0.3) is 16.0 Å². The van der Waals surface area contributed by atoms with Gasteiger partial charge in [-0.15, -0.1) is 0 Å². The first-order chi connectivity index (χ1) is 17.1. The van der Waals surface area contributed by atoms with Crippen molar-refractivity contribution in [3.05, 3.63) is 83.6 Å². The highest BCUT2D eigenvalue weighted by molar-refractivity contribution is 7.85. The first-order valence-electron chi connectivity index (χ1n) is 12.2. The van der Waals surface area contributed by atoms with Crippen LogP contribution in [0.5, 0.6) is 5.75 Å². The van der Waals surface area contributed by atoms with Crippen molar-refractivity contribution in [2.24, 2.45) is 5.92 Å². The molecule has 0 spiro atoms. The highest BCUT2D eigenvalue weighted by Gasteiger charge is 2.15. The van der Waals surface area contributed by atoms with Gasteiger partial charge in [0.05, 0.1) is 17.6 Å². The van der Waals surface area contributed by atoms with Gasteiger partial charge in [0.15, 0.2) is 0 Å². The van der Waals surface area contributed by atoms with Crippen molar-refractivity contribution in [3.8, 4) is 17.0 Å². The number of nitrogens with one attached hydrogen (secondary N) is 1. The predicted molar refractivity (Wildman–Crippen MR) is 142 cm³/mol. The van der Waals surface area contributed by atoms with E-state index in [9.17, 15) is 13.2 Å². The summed E-state index contributed by atoms with van der Waals surface area (Å²) in [5.74, 6) is 0.350. The summed E-state index contributed by atoms with van der Waals surface area (Å²) < 4.78 is 36.6. The third-order valence-corrected chi connectivity index (χ3v) is 6.37. The molecule has 0 saturated heterocycles. The number of pyridine rings is 1. The number of benzene rings is 2. The monoisotopic (exact) mass is 510 g/mol. The third kappa shape index (κ3) is 8.46. The van der Waals surface area contributed by atoms with E-state index in [0.717, 1.165) is 36.1 Å². The van der Waals surface area contributed by atoms with Gasteiger partial charge in [-0.3, -0.25) is 14.3 Å². The summed E-state index contributed by atoms with van der Waals surface area (Å²) in [5, 5.41) is 2.48. The first-order valence-corrected chi connectivity index (χ1v) is 13.8. The van der Waals surface area contributed by atoms with Gasteiger partial charge in [-0.05, 0) is 54.2 Å². The SMILES string of the molecule is CCCC(Oc1ccc(-c2ccc(CC(C)C)cc2)nc1)c1ccc(C(=O)NCCS(=O)(=O)O)cc1. The molecule has 0 radical (unpaired) electrons. The molecule has 0 fully saturated rings. The Labute approximate surface area is 213 Å². The Kier molecular flexibility index (Phi) is 9.61. The molecular formula is C28H34N2O5S. The lowest BCUT2D eigenvalue weighted by Gasteiger charge is -2.19. The van der Waals surface area contributed by atoms with E-state index in [1.54, 1.807) is 18.3 Å². The molecule has 0 saturated carbocycles. The van der Waals surface area contributed by atoms with Crippen LogP contribution in [-0.4, -0.2) is 36.2 Å². The van der Waals surface area contributed by atoms with Crippen LogP contribution in [0.3, 0.4) is 0 Å². The van der Waals surface area contributed by atoms with Crippen LogP contribution >= 0.6 is 0 Å². The summed E-state index contributed by atoms with van der Waals surface area (Å²) in [4.78, 5) is 16.8. The average Bonchev–Trinajstić information content (AvgIpc) is 2.84. The molecule has 36 heavy (non-hydrogen) atoms. The van der Waals surface area contributed by atoms with Crippen LogP contribution in [0.1, 0.15) is 61.2 Å². The minimum Gasteiger partial charge on any atom is -0.484 e. The lowest BCUT2D eigenvalue weighted by molar-refractivity contribution is 0.0956. The zero-order valence-electron chi connectivity index (χ0n) is 21.0. The maximum atomic E-state index is 12.2. The highest BCUT2D eigenvalue weighted by Crippen LogP contribution is 2.28. The van der Waals surface area contributed by atoms with Crippen molar-refractivity contribution in [1.82, 2.24) is 10.3 Å². The van der Waals surface area contributed by atoms with Crippen LogP contribution in [0.25, 0.3) is 11.3 Å². The molecule has 3 rings (SSSR count). The Balaban J connectivity index is 1.64. The summed E-state index contributed by atoms with van der Waals surface area (Å²) in [6.45, 7) is 6.34. The zero-order valence-corrected chi connectivity index (χ0v) is 21.8. The molecule has 1 atom stereocenters. The Morgan fingerprint density at radius 1 is 1.03 bits per heavy atom. The maximum Gasteiger partial charge on any atom is 0.266 e. The Bertz CT molecular complexity index is 1220. The normalized spacial score (nSPS) is 12.4. The molecule has 2 N–H and O–H groups in total. The van der Waals surface area contributed by atoms with Gasteiger partial charge in [-0.2, -0.15) is 8.42 Å². The van der Waals surface area contributed by atoms with Crippen molar-refractivity contribution in [2.45, 2.75) is 46.1 Å². The first kappa shape index (κ1) is 27.4. The van der Waals surface area contributed by atoms with E-state index in [-0.39, 0.29) is 12.6 Å². The minimum absolute atomic E-state index is 0.161. The smallest absolute Gasteiger partial charge is 0.266 e. The molecule has 0 aliphatic heterocycles. The van der Waals surface area contributed by atoms with Crippen molar-refractivity contribution < 1.29 is 22.5 Å². The molecule has 1 heterocycles. The molecule has 8 heteroatoms. The molecule has 0 aliphatic rings. The molecule has 7 nitrogen and oxygen atoms in total. The van der Waals surface area contributed by atoms with Gasteiger partial charge in [0.2, 0.25) is 0 Å². The van der Waals surface area contributed by atoms with Crippen molar-refractivity contribution in [3.63, 3.8) is 0 Å². The number of ether oxygens (including phenoxy) is 1. The van der Waals surface area contributed by atoms with E-state index in [2.05, 4.69) is 55.3 Å². The largest absolute Gasteiger partial charge is 0.484 e. The quantitative estimate of drug-likeness (QED) is 0.312. The van der Waals surface area contributed by atoms with Crippen LogP contribution in [0, 0.1) is 5.92 Å². The topological polar surface area (TPSA) is 106 Å². The third-order valence-electron chi connectivity index (χ3n) is 5.65. The number of carbonyl (C=O) groups excluding carboxylic acids is 1. The number of hydrogen-bond acceptors (Lipinski definition) is 5. The van der Waals surface area contributed by atoms with E-state index in [0.29, 0.717) is 17.2 Å². The van der Waals surface area contributed by atoms with Gasteiger partial charge < -0.3 is 10.1 Å². The summed E-state index contributed by atoms with van der Waals surface area (Å²) in [5.41, 5.74) is 4.59. The number of nitrogens with zero attached hydrogens (tertiary/aromatic N) is 1. The maximum absolute atomic E-state index is 12.2. The van der Waals surface area contributed by atoms with Gasteiger partial charge in [0, 0.05) is 17.7 Å². The summed E-state index contributed by atoms with van der Waals surface area (Å²) in [7, 11) is -4.12. The molecule has 0 aliphatic carbocycles. The number of carbonyl (C=O) groups is 1. The van der Waals surface area contributed by atoms with Gasteiger partial charge in [-0.1, -0.05) is 63.6 Å². The molecule has 1 aromatic heterocycles. The minimum atomic E-state index is -4.12. The zero-order chi connectivity index (χ0) is 26.1. The van der Waals surface area contributed by atoms with Crippen LogP contribution in [0.4, 0.5) is 0 Å². The van der Waals surface area contributed by atoms with Crippen molar-refractivity contribution in [1.29, 1.82) is 0 Å². The van der Waals surface area contributed by atoms with E-state index < -0.39 is 21.8 Å². The van der Waals surface area contributed by atoms with Gasteiger partial charge >= 0.3 is 0 Å². The number of amides is 1. The van der Waals surface area contributed by atoms with Crippen LogP contribution in [0.2, 0.25) is 0 Å². The highest BCUT2D eigenvalue weighted by atomic mass is 32.2. The summed E-state index contributed by atoms with van der Waals surface area (Å²) in [6, 6.07) is 19.4. The Hall–Kier alpha value is -3.23. The van der Waals surface area contributed by atoms with Crippen LogP contribution in [0.15, 0.2) is 66.9 Å². The Morgan fingerprint density at radius 3 is 2.28 bits per heavy atom. The molecule has 3 aromatic rings. The van der Waals surface area contributed by atoms with Crippen molar-refractivity contribution in [2.75, 3.05) is 12.3 Å². The molecular weight excluding hydrogens is 476 g/mol. The number of hydrogen-bond donors (Lipinski definition) is 2. The number of aromatic nitrogens is 1. The molecule has 0 bridgehead atoms. The fourth-order valence-corrected chi connectivity index (χ4v) is 4.23. The van der Waals surface area contributed by atoms with E-state index in [4.69, 9.17) is 9.29 Å². The molecule has 1 unspecified atom stereocenters.